The zero-order chi connectivity index (χ0) is 11.1. The van der Waals surface area contributed by atoms with Crippen molar-refractivity contribution in [3.63, 3.8) is 0 Å². The maximum atomic E-state index is 10.9. The quantitative estimate of drug-likeness (QED) is 0.726. The number of unbranched alkanes of at least 4 members (excludes halogenated alkanes) is 3. The number of aryl methyl sites for hydroxylation is 1. The van der Waals surface area contributed by atoms with Crippen molar-refractivity contribution in [2.75, 3.05) is 0 Å². The summed E-state index contributed by atoms with van der Waals surface area (Å²) in [5.74, 6) is -0.382. The molecule has 82 valence electrons. The lowest BCUT2D eigenvalue weighted by Gasteiger charge is -2.01. The molecule has 0 radical (unpaired) electrons. The molecule has 2 N–H and O–H groups in total. The summed E-state index contributed by atoms with van der Waals surface area (Å²) in [6.45, 7) is 2.19. The highest BCUT2D eigenvalue weighted by Crippen LogP contribution is 2.07. The van der Waals surface area contributed by atoms with Gasteiger partial charge in [0.2, 0.25) is 5.91 Å². The number of rotatable bonds is 6. The molecular formula is C12H18N2O. The zero-order valence-corrected chi connectivity index (χ0v) is 9.20. The minimum Gasteiger partial charge on any atom is -0.366 e. The molecule has 0 unspecified atom stereocenters. The Labute approximate surface area is 90.7 Å². The summed E-state index contributed by atoms with van der Waals surface area (Å²) in [6, 6.07) is 3.44. The maximum absolute atomic E-state index is 10.9. The first-order chi connectivity index (χ1) is 7.24. The highest BCUT2D eigenvalue weighted by Gasteiger charge is 2.01. The van der Waals surface area contributed by atoms with Crippen LogP contribution in [0, 0.1) is 0 Å². The zero-order valence-electron chi connectivity index (χ0n) is 9.20. The monoisotopic (exact) mass is 206 g/mol. The predicted octanol–water partition coefficient (Wildman–Crippen LogP) is 2.30. The van der Waals surface area contributed by atoms with E-state index in [4.69, 9.17) is 5.73 Å². The second kappa shape index (κ2) is 6.17. The third kappa shape index (κ3) is 4.11. The van der Waals surface area contributed by atoms with Crippen LogP contribution in [-0.4, -0.2) is 10.9 Å². The van der Waals surface area contributed by atoms with E-state index in [-0.39, 0.29) is 5.91 Å². The van der Waals surface area contributed by atoms with E-state index in [1.54, 1.807) is 18.3 Å². The third-order valence-electron chi connectivity index (χ3n) is 2.39. The number of aromatic nitrogens is 1. The Balaban J connectivity index is 2.47. The van der Waals surface area contributed by atoms with Gasteiger partial charge in [0, 0.05) is 17.5 Å². The Hall–Kier alpha value is -1.38. The Morgan fingerprint density at radius 3 is 2.87 bits per heavy atom. The van der Waals surface area contributed by atoms with Gasteiger partial charge in [-0.1, -0.05) is 26.2 Å². The predicted molar refractivity (Wildman–Crippen MR) is 60.6 cm³/mol. The summed E-state index contributed by atoms with van der Waals surface area (Å²) in [7, 11) is 0. The highest BCUT2D eigenvalue weighted by molar-refractivity contribution is 5.92. The molecule has 0 aromatic carbocycles. The van der Waals surface area contributed by atoms with Crippen LogP contribution in [0.2, 0.25) is 0 Å². The van der Waals surface area contributed by atoms with Crippen LogP contribution in [0.25, 0.3) is 0 Å². The van der Waals surface area contributed by atoms with Crippen LogP contribution < -0.4 is 5.73 Å². The van der Waals surface area contributed by atoms with Crippen LogP contribution in [0.5, 0.6) is 0 Å². The molecule has 1 aromatic heterocycles. The lowest BCUT2D eigenvalue weighted by atomic mass is 10.1. The van der Waals surface area contributed by atoms with E-state index in [1.165, 1.54) is 19.3 Å². The van der Waals surface area contributed by atoms with E-state index in [1.807, 2.05) is 0 Å². The molecule has 3 nitrogen and oxygen atoms in total. The van der Waals surface area contributed by atoms with Crippen LogP contribution in [0.15, 0.2) is 18.3 Å². The van der Waals surface area contributed by atoms with Gasteiger partial charge in [-0.3, -0.25) is 9.78 Å². The Morgan fingerprint density at radius 2 is 2.20 bits per heavy atom. The van der Waals surface area contributed by atoms with Gasteiger partial charge in [-0.2, -0.15) is 0 Å². The first kappa shape index (κ1) is 11.7. The van der Waals surface area contributed by atoms with Gasteiger partial charge in [-0.05, 0) is 25.0 Å². The van der Waals surface area contributed by atoms with Crippen molar-refractivity contribution in [2.24, 2.45) is 5.73 Å². The second-order valence-corrected chi connectivity index (χ2v) is 3.71. The molecule has 0 bridgehead atoms. The molecule has 1 amide bonds. The van der Waals surface area contributed by atoms with E-state index in [2.05, 4.69) is 11.9 Å². The van der Waals surface area contributed by atoms with E-state index in [9.17, 15) is 4.79 Å². The van der Waals surface area contributed by atoms with E-state index in [0.717, 1.165) is 18.5 Å². The minimum atomic E-state index is -0.382. The maximum Gasteiger partial charge on any atom is 0.248 e. The van der Waals surface area contributed by atoms with Crippen LogP contribution in [0.4, 0.5) is 0 Å². The summed E-state index contributed by atoms with van der Waals surface area (Å²) in [5, 5.41) is 0. The molecule has 0 aliphatic heterocycles. The molecule has 1 rings (SSSR count). The molecule has 0 atom stereocenters. The summed E-state index contributed by atoms with van der Waals surface area (Å²) in [6.07, 6.45) is 7.42. The number of carbonyl (C=O) groups excluding carboxylic acids is 1. The van der Waals surface area contributed by atoms with Crippen molar-refractivity contribution in [1.82, 2.24) is 4.98 Å². The number of carbonyl (C=O) groups is 1. The van der Waals surface area contributed by atoms with Gasteiger partial charge < -0.3 is 5.73 Å². The van der Waals surface area contributed by atoms with Crippen LogP contribution in [0.1, 0.15) is 48.7 Å². The van der Waals surface area contributed by atoms with Gasteiger partial charge in [-0.25, -0.2) is 0 Å². The smallest absolute Gasteiger partial charge is 0.248 e. The summed E-state index contributed by atoms with van der Waals surface area (Å²) < 4.78 is 0. The molecule has 0 aliphatic rings. The molecule has 0 spiro atoms. The average molecular weight is 206 g/mol. The Morgan fingerprint density at radius 1 is 1.40 bits per heavy atom. The van der Waals surface area contributed by atoms with Gasteiger partial charge in [-0.15, -0.1) is 0 Å². The number of hydrogen-bond acceptors (Lipinski definition) is 2. The molecular weight excluding hydrogens is 188 g/mol. The average Bonchev–Trinajstić information content (AvgIpc) is 2.25. The van der Waals surface area contributed by atoms with Crippen LogP contribution in [0.3, 0.4) is 0 Å². The molecule has 0 aliphatic carbocycles. The first-order valence-corrected chi connectivity index (χ1v) is 5.48. The van der Waals surface area contributed by atoms with Crippen molar-refractivity contribution in [1.29, 1.82) is 0 Å². The fourth-order valence-corrected chi connectivity index (χ4v) is 1.50. The normalized spacial score (nSPS) is 10.2. The van der Waals surface area contributed by atoms with Gasteiger partial charge in [0.05, 0.1) is 0 Å². The number of amides is 1. The molecule has 1 heterocycles. The molecule has 3 heteroatoms. The molecule has 0 saturated heterocycles. The number of hydrogen-bond donors (Lipinski definition) is 1. The second-order valence-electron chi connectivity index (χ2n) is 3.71. The number of pyridine rings is 1. The van der Waals surface area contributed by atoms with Gasteiger partial charge in [0.15, 0.2) is 0 Å². The summed E-state index contributed by atoms with van der Waals surface area (Å²) >= 11 is 0. The number of nitrogens with zero attached hydrogens (tertiary/aromatic N) is 1. The van der Waals surface area contributed by atoms with E-state index in [0.29, 0.717) is 5.56 Å². The minimum absolute atomic E-state index is 0.382. The SMILES string of the molecule is CCCCCCc1cc(C(N)=O)ccn1. The third-order valence-corrected chi connectivity index (χ3v) is 2.39. The van der Waals surface area contributed by atoms with Crippen LogP contribution >= 0.6 is 0 Å². The summed E-state index contributed by atoms with van der Waals surface area (Å²) in [4.78, 5) is 15.1. The van der Waals surface area contributed by atoms with Crippen molar-refractivity contribution in [3.8, 4) is 0 Å². The fraction of sp³-hybridized carbons (Fsp3) is 0.500. The molecule has 1 aromatic rings. The van der Waals surface area contributed by atoms with Gasteiger partial charge >= 0.3 is 0 Å². The largest absolute Gasteiger partial charge is 0.366 e. The van der Waals surface area contributed by atoms with Crippen molar-refractivity contribution < 1.29 is 4.79 Å². The lowest BCUT2D eigenvalue weighted by Crippen LogP contribution is -2.11. The van der Waals surface area contributed by atoms with Crippen molar-refractivity contribution >= 4 is 5.91 Å². The van der Waals surface area contributed by atoms with Crippen LogP contribution in [-0.2, 0) is 6.42 Å². The molecule has 15 heavy (non-hydrogen) atoms. The highest BCUT2D eigenvalue weighted by atomic mass is 16.1. The standard InChI is InChI=1S/C12H18N2O/c1-2-3-4-5-6-11-9-10(12(13)15)7-8-14-11/h7-9H,2-6H2,1H3,(H2,13,15). The molecule has 0 fully saturated rings. The lowest BCUT2D eigenvalue weighted by molar-refractivity contribution is 0.1000. The number of primary amides is 1. The van der Waals surface area contributed by atoms with Crippen molar-refractivity contribution in [2.45, 2.75) is 39.0 Å². The van der Waals surface area contributed by atoms with Crippen molar-refractivity contribution in [3.05, 3.63) is 29.6 Å². The first-order valence-electron chi connectivity index (χ1n) is 5.48. The van der Waals surface area contributed by atoms with E-state index < -0.39 is 0 Å². The molecule has 0 saturated carbocycles. The Kier molecular flexibility index (Phi) is 4.81. The Bertz CT molecular complexity index is 323. The van der Waals surface area contributed by atoms with E-state index >= 15 is 0 Å². The van der Waals surface area contributed by atoms with Gasteiger partial charge in [0.1, 0.15) is 0 Å². The number of nitrogens with two attached hydrogens (primary N) is 1. The fourth-order valence-electron chi connectivity index (χ4n) is 1.50. The van der Waals surface area contributed by atoms with Gasteiger partial charge in [0.25, 0.3) is 0 Å². The summed E-state index contributed by atoms with van der Waals surface area (Å²) in [5.41, 5.74) is 6.70. The topological polar surface area (TPSA) is 56.0 Å².